The topological polar surface area (TPSA) is 78.9 Å². The Morgan fingerprint density at radius 2 is 0.487 bits per heavy atom. The SMILES string of the molecule is CC/C=C\C/C=C\C/C=C\C/C=C\C/C=C\C/C=C\CCCCCCCCCCCCCCCCCCC(=O)OCC(COC(=O)CCCCCCCC)OC(=O)CCCC/C=C\C/C=C\C/C=C\C/C=C\C/C=C\C/C=C\CC. The van der Waals surface area contributed by atoms with Crippen LogP contribution in [-0.4, -0.2) is 37.2 Å². The van der Waals surface area contributed by atoms with Gasteiger partial charge in [-0.15, -0.1) is 0 Å². The molecule has 6 heteroatoms. The summed E-state index contributed by atoms with van der Waals surface area (Å²) in [7, 11) is 0. The third-order valence-corrected chi connectivity index (χ3v) is 13.6. The first-order valence-electron chi connectivity index (χ1n) is 32.8. The highest BCUT2D eigenvalue weighted by Gasteiger charge is 2.19. The van der Waals surface area contributed by atoms with Crippen LogP contribution >= 0.6 is 0 Å². The predicted octanol–water partition coefficient (Wildman–Crippen LogP) is 22.7. The summed E-state index contributed by atoms with van der Waals surface area (Å²) in [6, 6.07) is 0. The maximum Gasteiger partial charge on any atom is 0.306 e. The first-order chi connectivity index (χ1) is 39.5. The zero-order chi connectivity index (χ0) is 57.8. The Balaban J connectivity index is 4.08. The smallest absolute Gasteiger partial charge is 0.306 e. The molecule has 0 saturated heterocycles. The Morgan fingerprint density at radius 1 is 0.263 bits per heavy atom. The molecule has 1 atom stereocenters. The fraction of sp³-hybridized carbons (Fsp3) is 0.635. The lowest BCUT2D eigenvalue weighted by Crippen LogP contribution is -2.30. The van der Waals surface area contributed by atoms with Crippen molar-refractivity contribution < 1.29 is 28.6 Å². The molecule has 0 aliphatic heterocycles. The lowest BCUT2D eigenvalue weighted by Gasteiger charge is -2.18. The summed E-state index contributed by atoms with van der Waals surface area (Å²) in [5.41, 5.74) is 0. The molecule has 1 unspecified atom stereocenters. The van der Waals surface area contributed by atoms with Gasteiger partial charge in [-0.1, -0.05) is 289 Å². The Hall–Kier alpha value is -4.71. The molecule has 452 valence electrons. The van der Waals surface area contributed by atoms with Crippen molar-refractivity contribution in [3.63, 3.8) is 0 Å². The van der Waals surface area contributed by atoms with E-state index in [0.717, 1.165) is 128 Å². The first-order valence-corrected chi connectivity index (χ1v) is 32.8. The summed E-state index contributed by atoms with van der Waals surface area (Å²) in [5, 5.41) is 0. The molecule has 0 aliphatic carbocycles. The van der Waals surface area contributed by atoms with Gasteiger partial charge in [-0.3, -0.25) is 14.4 Å². The standard InChI is InChI=1S/C74H120O6/c1-4-7-10-13-16-18-20-22-24-26-28-30-31-32-33-34-35-36-37-38-39-40-41-42-43-45-46-48-50-52-54-56-58-61-64-67-73(76)79-70-71(69-78-72(75)66-63-60-15-12-9-6-3)80-74(77)68-65-62-59-57-55-53-51-49-47-44-29-27-25-23-21-19-17-14-11-8-5-2/h7-8,10-11,16-19,22-25,28-30,32-33,35-36,44,49,51,55,57,71H,4-6,9,12-15,20-21,26-27,31,34,37-43,45-48,50,52-54,56,58-70H2,1-3H3/b10-7-,11-8-,18-16-,19-17-,24-22-,25-23-,30-28-,33-32-,36-35-,44-29-,51-49-,57-55-. The van der Waals surface area contributed by atoms with Gasteiger partial charge >= 0.3 is 17.9 Å². The van der Waals surface area contributed by atoms with Gasteiger partial charge in [-0.05, 0) is 122 Å². The number of ether oxygens (including phenoxy) is 3. The number of esters is 3. The van der Waals surface area contributed by atoms with Gasteiger partial charge in [-0.25, -0.2) is 0 Å². The molecule has 0 heterocycles. The molecule has 0 aromatic rings. The summed E-state index contributed by atoms with van der Waals surface area (Å²) in [5.74, 6) is -0.950. The lowest BCUT2D eigenvalue weighted by atomic mass is 10.0. The van der Waals surface area contributed by atoms with Crippen LogP contribution in [0.1, 0.15) is 284 Å². The van der Waals surface area contributed by atoms with Crippen molar-refractivity contribution in [2.45, 2.75) is 290 Å². The molecule has 0 amide bonds. The van der Waals surface area contributed by atoms with Crippen molar-refractivity contribution in [2.24, 2.45) is 0 Å². The number of carbonyl (C=O) groups is 3. The van der Waals surface area contributed by atoms with Crippen molar-refractivity contribution in [2.75, 3.05) is 13.2 Å². The van der Waals surface area contributed by atoms with E-state index in [1.54, 1.807) is 0 Å². The highest BCUT2D eigenvalue weighted by molar-refractivity contribution is 5.71. The molecule has 0 radical (unpaired) electrons. The second kappa shape index (κ2) is 66.8. The minimum absolute atomic E-state index is 0.0975. The molecule has 0 aliphatic rings. The molecule has 6 nitrogen and oxygen atoms in total. The van der Waals surface area contributed by atoms with Crippen LogP contribution in [0.3, 0.4) is 0 Å². The highest BCUT2D eigenvalue weighted by atomic mass is 16.6. The fourth-order valence-electron chi connectivity index (χ4n) is 8.74. The van der Waals surface area contributed by atoms with Gasteiger partial charge in [0.2, 0.25) is 0 Å². The van der Waals surface area contributed by atoms with Crippen LogP contribution < -0.4 is 0 Å². The van der Waals surface area contributed by atoms with E-state index in [9.17, 15) is 14.4 Å². The van der Waals surface area contributed by atoms with Crippen LogP contribution in [0.5, 0.6) is 0 Å². The van der Waals surface area contributed by atoms with Crippen molar-refractivity contribution in [3.8, 4) is 0 Å². The molecule has 0 rings (SSSR count). The van der Waals surface area contributed by atoms with Crippen molar-refractivity contribution in [1.29, 1.82) is 0 Å². The van der Waals surface area contributed by atoms with Crippen LogP contribution in [0.4, 0.5) is 0 Å². The Morgan fingerprint density at radius 3 is 0.787 bits per heavy atom. The maximum atomic E-state index is 12.8. The molecular formula is C74H120O6. The first kappa shape index (κ1) is 75.3. The van der Waals surface area contributed by atoms with Gasteiger partial charge in [0.1, 0.15) is 13.2 Å². The predicted molar refractivity (Wildman–Crippen MR) is 348 cm³/mol. The summed E-state index contributed by atoms with van der Waals surface area (Å²) < 4.78 is 16.8. The van der Waals surface area contributed by atoms with E-state index in [0.29, 0.717) is 19.3 Å². The molecule has 0 aromatic carbocycles. The van der Waals surface area contributed by atoms with Crippen LogP contribution in [0.2, 0.25) is 0 Å². The molecule has 0 aromatic heterocycles. The van der Waals surface area contributed by atoms with Gasteiger partial charge in [-0.2, -0.15) is 0 Å². The van der Waals surface area contributed by atoms with Crippen LogP contribution in [0.15, 0.2) is 146 Å². The Bertz CT molecular complexity index is 1750. The summed E-state index contributed by atoms with van der Waals surface area (Å²) >= 11 is 0. The zero-order valence-corrected chi connectivity index (χ0v) is 51.8. The molecule has 0 spiro atoms. The lowest BCUT2D eigenvalue weighted by molar-refractivity contribution is -0.167. The van der Waals surface area contributed by atoms with Gasteiger partial charge in [0.15, 0.2) is 6.10 Å². The zero-order valence-electron chi connectivity index (χ0n) is 51.8. The van der Waals surface area contributed by atoms with E-state index in [2.05, 4.69) is 167 Å². The molecule has 80 heavy (non-hydrogen) atoms. The van der Waals surface area contributed by atoms with E-state index in [1.807, 2.05) is 0 Å². The van der Waals surface area contributed by atoms with Crippen LogP contribution in [-0.2, 0) is 28.6 Å². The van der Waals surface area contributed by atoms with Gasteiger partial charge in [0.25, 0.3) is 0 Å². The summed E-state index contributed by atoms with van der Waals surface area (Å²) in [6.07, 6.45) is 96.2. The fourth-order valence-corrected chi connectivity index (χ4v) is 8.74. The quantitative estimate of drug-likeness (QED) is 0.0261. The van der Waals surface area contributed by atoms with E-state index < -0.39 is 6.10 Å². The average molecular weight is 1110 g/mol. The third-order valence-electron chi connectivity index (χ3n) is 13.6. The molecule has 0 saturated carbocycles. The van der Waals surface area contributed by atoms with E-state index in [-0.39, 0.29) is 37.5 Å². The Labute approximate surface area is 493 Å². The Kier molecular flexibility index (Phi) is 62.9. The molecule has 0 N–H and O–H groups in total. The normalized spacial score (nSPS) is 13.1. The second-order valence-electron chi connectivity index (χ2n) is 21.3. The number of unbranched alkanes of at least 4 members (excludes halogenated alkanes) is 23. The van der Waals surface area contributed by atoms with Crippen molar-refractivity contribution in [1.82, 2.24) is 0 Å². The number of rotatable bonds is 58. The largest absolute Gasteiger partial charge is 0.462 e. The van der Waals surface area contributed by atoms with Gasteiger partial charge in [0.05, 0.1) is 0 Å². The van der Waals surface area contributed by atoms with E-state index >= 15 is 0 Å². The minimum atomic E-state index is -0.802. The van der Waals surface area contributed by atoms with E-state index in [1.165, 1.54) is 109 Å². The molecule has 0 fully saturated rings. The van der Waals surface area contributed by atoms with Gasteiger partial charge in [0, 0.05) is 19.3 Å². The second-order valence-corrected chi connectivity index (χ2v) is 21.3. The van der Waals surface area contributed by atoms with Crippen molar-refractivity contribution in [3.05, 3.63) is 146 Å². The van der Waals surface area contributed by atoms with Crippen LogP contribution in [0.25, 0.3) is 0 Å². The number of hydrogen-bond donors (Lipinski definition) is 0. The van der Waals surface area contributed by atoms with Crippen LogP contribution in [0, 0.1) is 0 Å². The average Bonchev–Trinajstić information content (AvgIpc) is 3.46. The third kappa shape index (κ3) is 64.1. The monoisotopic (exact) mass is 1100 g/mol. The molecular weight excluding hydrogens is 985 g/mol. The number of allylic oxidation sites excluding steroid dienone is 24. The summed E-state index contributed by atoms with van der Waals surface area (Å²) in [4.78, 5) is 38.0. The summed E-state index contributed by atoms with van der Waals surface area (Å²) in [6.45, 7) is 6.32. The van der Waals surface area contributed by atoms with Crippen molar-refractivity contribution >= 4 is 17.9 Å². The minimum Gasteiger partial charge on any atom is -0.462 e. The molecule has 0 bridgehead atoms. The number of carbonyl (C=O) groups excluding carboxylic acids is 3. The van der Waals surface area contributed by atoms with E-state index in [4.69, 9.17) is 14.2 Å². The maximum absolute atomic E-state index is 12.8. The van der Waals surface area contributed by atoms with Gasteiger partial charge < -0.3 is 14.2 Å². The number of hydrogen-bond acceptors (Lipinski definition) is 6. The highest BCUT2D eigenvalue weighted by Crippen LogP contribution is 2.16.